The van der Waals surface area contributed by atoms with E-state index in [-0.39, 0.29) is 29.5 Å². The van der Waals surface area contributed by atoms with E-state index in [1.807, 2.05) is 27.7 Å². The van der Waals surface area contributed by atoms with E-state index in [1.54, 1.807) is 6.07 Å². The van der Waals surface area contributed by atoms with Gasteiger partial charge in [0.1, 0.15) is 22.6 Å². The van der Waals surface area contributed by atoms with Crippen LogP contribution in [0.4, 0.5) is 0 Å². The predicted octanol–water partition coefficient (Wildman–Crippen LogP) is -0.131. The second-order valence-electron chi connectivity index (χ2n) is 14.6. The highest BCUT2D eigenvalue weighted by atomic mass is 32.1. The van der Waals surface area contributed by atoms with Gasteiger partial charge >= 0.3 is 5.97 Å². The Balaban J connectivity index is 1.28. The van der Waals surface area contributed by atoms with E-state index >= 15 is 0 Å². The molecule has 3 aliphatic rings. The highest BCUT2D eigenvalue weighted by molar-refractivity contribution is 7.18. The van der Waals surface area contributed by atoms with Crippen LogP contribution in [-0.2, 0) is 23.8 Å². The highest BCUT2D eigenvalue weighted by Crippen LogP contribution is 2.37. The van der Waals surface area contributed by atoms with Crippen molar-refractivity contribution in [2.75, 3.05) is 52.7 Å². The number of hydrogen-bond acceptors (Lipinski definition) is 14. The molecule has 0 saturated carbocycles. The first-order valence-corrected chi connectivity index (χ1v) is 17.8. The first-order valence-electron chi connectivity index (χ1n) is 16.9. The number of aliphatic hydroxyl groups is 3. The Morgan fingerprint density at radius 2 is 2.00 bits per heavy atom. The summed E-state index contributed by atoms with van der Waals surface area (Å²) in [5, 5.41) is 50.1. The van der Waals surface area contributed by atoms with E-state index in [2.05, 4.69) is 30.4 Å². The van der Waals surface area contributed by atoms with Gasteiger partial charge in [-0.3, -0.25) is 19.4 Å². The molecule has 3 fully saturated rings. The molecule has 2 aromatic rings. The SMILES string of the molecule is CC(=O)N[C@H]1[C@H]([C@H](O)[C@H](O)CNC(=O)c2cnc3sc(C)nc3c2)O[C@@](CCN2CCOC[C@@]23CCN(COC(C)(C)C)C3)(C(=O)O)C[C@@H]1O. The van der Waals surface area contributed by atoms with E-state index in [4.69, 9.17) is 14.2 Å². The number of aliphatic hydroxyl groups excluding tert-OH is 3. The van der Waals surface area contributed by atoms with E-state index in [9.17, 15) is 34.8 Å². The zero-order valence-electron chi connectivity index (χ0n) is 29.3. The summed E-state index contributed by atoms with van der Waals surface area (Å²) in [6.07, 6.45) is -4.65. The Hall–Kier alpha value is -2.87. The molecule has 3 aliphatic heterocycles. The van der Waals surface area contributed by atoms with Crippen molar-refractivity contribution in [3.63, 3.8) is 0 Å². The number of carboxylic acid groups (broad SMARTS) is 1. The molecular formula is C33H50N6O10S. The number of nitrogens with zero attached hydrogens (tertiary/aromatic N) is 4. The molecule has 5 rings (SSSR count). The van der Waals surface area contributed by atoms with Crippen LogP contribution in [0.3, 0.4) is 0 Å². The summed E-state index contributed by atoms with van der Waals surface area (Å²) in [7, 11) is 0. The summed E-state index contributed by atoms with van der Waals surface area (Å²) in [4.78, 5) is 51.7. The number of aromatic nitrogens is 2. The monoisotopic (exact) mass is 722 g/mol. The zero-order valence-corrected chi connectivity index (χ0v) is 30.1. The minimum atomic E-state index is -1.96. The van der Waals surface area contributed by atoms with Crippen molar-refractivity contribution in [3.05, 3.63) is 22.8 Å². The van der Waals surface area contributed by atoms with Crippen LogP contribution in [0.15, 0.2) is 12.3 Å². The Morgan fingerprint density at radius 3 is 2.70 bits per heavy atom. The second kappa shape index (κ2) is 15.4. The van der Waals surface area contributed by atoms with E-state index in [0.717, 1.165) is 18.0 Å². The number of carboxylic acids is 1. The largest absolute Gasteiger partial charge is 0.479 e. The Morgan fingerprint density at radius 1 is 1.24 bits per heavy atom. The smallest absolute Gasteiger partial charge is 0.336 e. The normalized spacial score (nSPS) is 29.2. The summed E-state index contributed by atoms with van der Waals surface area (Å²) in [6, 6.07) is 0.334. The number of fused-ring (bicyclic) bond motifs is 1. The number of pyridine rings is 1. The van der Waals surface area contributed by atoms with Crippen molar-refractivity contribution < 1.29 is 49.0 Å². The molecule has 1 spiro atoms. The van der Waals surface area contributed by atoms with Crippen LogP contribution >= 0.6 is 11.3 Å². The fourth-order valence-electron chi connectivity index (χ4n) is 7.00. The third-order valence-corrected chi connectivity index (χ3v) is 10.6. The number of hydrogen-bond donors (Lipinski definition) is 6. The molecule has 2 aromatic heterocycles. The van der Waals surface area contributed by atoms with Crippen molar-refractivity contribution in [1.29, 1.82) is 0 Å². The van der Waals surface area contributed by atoms with Gasteiger partial charge in [0.25, 0.3) is 5.91 Å². The van der Waals surface area contributed by atoms with Gasteiger partial charge in [-0.25, -0.2) is 14.8 Å². The van der Waals surface area contributed by atoms with Gasteiger partial charge in [0.15, 0.2) is 5.60 Å². The molecule has 2 amide bonds. The second-order valence-corrected chi connectivity index (χ2v) is 15.8. The van der Waals surface area contributed by atoms with Crippen LogP contribution in [0.5, 0.6) is 0 Å². The molecule has 0 aliphatic carbocycles. The van der Waals surface area contributed by atoms with Crippen LogP contribution < -0.4 is 10.6 Å². The molecule has 0 unspecified atom stereocenters. The van der Waals surface area contributed by atoms with Gasteiger partial charge in [-0.15, -0.1) is 0 Å². The minimum Gasteiger partial charge on any atom is -0.479 e. The van der Waals surface area contributed by atoms with Crippen molar-refractivity contribution in [1.82, 2.24) is 30.4 Å². The molecule has 0 aromatic carbocycles. The van der Waals surface area contributed by atoms with Crippen molar-refractivity contribution in [2.45, 2.75) is 101 Å². The zero-order chi connectivity index (χ0) is 36.4. The first-order chi connectivity index (χ1) is 23.5. The highest BCUT2D eigenvalue weighted by Gasteiger charge is 2.55. The van der Waals surface area contributed by atoms with E-state index in [0.29, 0.717) is 49.9 Å². The predicted molar refractivity (Wildman–Crippen MR) is 182 cm³/mol. The maximum Gasteiger partial charge on any atom is 0.336 e. The molecule has 3 saturated heterocycles. The lowest BCUT2D eigenvalue weighted by Crippen LogP contribution is -2.68. The van der Waals surface area contributed by atoms with Crippen LogP contribution in [0.25, 0.3) is 10.3 Å². The molecule has 0 radical (unpaired) electrons. The van der Waals surface area contributed by atoms with Crippen molar-refractivity contribution in [2.24, 2.45) is 0 Å². The number of nitrogens with one attached hydrogen (secondary N) is 2. The van der Waals surface area contributed by atoms with Gasteiger partial charge < -0.3 is 45.3 Å². The van der Waals surface area contributed by atoms with Crippen molar-refractivity contribution >= 4 is 39.5 Å². The molecule has 17 heteroatoms. The maximum atomic E-state index is 13.0. The number of aryl methyl sites for hydroxylation is 1. The van der Waals surface area contributed by atoms with Gasteiger partial charge in [-0.05, 0) is 40.2 Å². The lowest BCUT2D eigenvalue weighted by Gasteiger charge is -2.49. The number of carbonyl (C=O) groups excluding carboxylic acids is 2. The Bertz CT molecular complexity index is 1540. The lowest BCUT2D eigenvalue weighted by atomic mass is 9.81. The number of ether oxygens (including phenoxy) is 3. The molecular weight excluding hydrogens is 672 g/mol. The number of carbonyl (C=O) groups is 3. The van der Waals surface area contributed by atoms with Crippen LogP contribution in [0.2, 0.25) is 0 Å². The van der Waals surface area contributed by atoms with Crippen LogP contribution in [0.1, 0.15) is 62.3 Å². The standard InChI is InChI=1S/C33H50N6O10S/c1-19(40)36-25-23(41)13-33(30(45)46,7-9-39-10-11-47-17-32(39)6-8-38(16-32)18-48-31(3,4)5)49-27(25)26(43)24(42)15-34-28(44)21-12-22-29(35-14-21)50-20(2)37-22/h12,14,23-27,41-43H,6-11,13,15-18H2,1-5H3,(H,34,44)(H,36,40)(H,45,46)/t23-,24+,25+,26+,27+,32-,33+/m0/s1. The van der Waals surface area contributed by atoms with E-state index in [1.165, 1.54) is 24.5 Å². The minimum absolute atomic E-state index is 0.0476. The number of morpholine rings is 1. The molecule has 50 heavy (non-hydrogen) atoms. The van der Waals surface area contributed by atoms with Gasteiger partial charge in [-0.1, -0.05) is 11.3 Å². The van der Waals surface area contributed by atoms with Gasteiger partial charge in [-0.2, -0.15) is 0 Å². The first kappa shape index (κ1) is 38.4. The lowest BCUT2D eigenvalue weighted by molar-refractivity contribution is -0.231. The topological polar surface area (TPSA) is 216 Å². The molecule has 7 atom stereocenters. The van der Waals surface area contributed by atoms with Crippen LogP contribution in [-0.4, -0.2) is 158 Å². The summed E-state index contributed by atoms with van der Waals surface area (Å²) >= 11 is 1.39. The number of aliphatic carboxylic acids is 1. The molecule has 16 nitrogen and oxygen atoms in total. The molecule has 5 heterocycles. The van der Waals surface area contributed by atoms with Crippen molar-refractivity contribution in [3.8, 4) is 0 Å². The summed E-state index contributed by atoms with van der Waals surface area (Å²) in [5.41, 5.74) is -1.87. The average molecular weight is 723 g/mol. The number of likely N-dealkylation sites (tertiary alicyclic amines) is 1. The Labute approximate surface area is 295 Å². The van der Waals surface area contributed by atoms with Gasteiger partial charge in [0.05, 0.1) is 59.9 Å². The maximum absolute atomic E-state index is 13.0. The average Bonchev–Trinajstić information content (AvgIpc) is 3.64. The van der Waals surface area contributed by atoms with Gasteiger partial charge in [0.2, 0.25) is 5.91 Å². The van der Waals surface area contributed by atoms with Crippen LogP contribution in [0, 0.1) is 6.92 Å². The molecule has 6 N–H and O–H groups in total. The van der Waals surface area contributed by atoms with E-state index < -0.39 is 60.4 Å². The number of amides is 2. The molecule has 0 bridgehead atoms. The van der Waals surface area contributed by atoms with Gasteiger partial charge in [0, 0.05) is 58.7 Å². The third kappa shape index (κ3) is 8.77. The molecule has 278 valence electrons. The summed E-state index contributed by atoms with van der Waals surface area (Å²) < 4.78 is 18.1. The number of thiazole rings is 1. The third-order valence-electron chi connectivity index (χ3n) is 9.67. The quantitative estimate of drug-likeness (QED) is 0.168. The fourth-order valence-corrected chi connectivity index (χ4v) is 7.74. The fraction of sp³-hybridized carbons (Fsp3) is 0.727. The summed E-state index contributed by atoms with van der Waals surface area (Å²) in [6.45, 7) is 12.3. The summed E-state index contributed by atoms with van der Waals surface area (Å²) in [5.74, 6) is -2.46. The Kier molecular flexibility index (Phi) is 11.8. The number of rotatable bonds is 12.